The smallest absolute Gasteiger partial charge is 0.233 e. The van der Waals surface area contributed by atoms with Crippen LogP contribution in [0.3, 0.4) is 0 Å². The first-order valence-electron chi connectivity index (χ1n) is 8.08. The third-order valence-corrected chi connectivity index (χ3v) is 5.10. The molecule has 5 nitrogen and oxygen atoms in total. The van der Waals surface area contributed by atoms with Gasteiger partial charge in [-0.25, -0.2) is 13.1 Å². The molecule has 1 saturated heterocycles. The molecule has 23 heavy (non-hydrogen) atoms. The van der Waals surface area contributed by atoms with Crippen LogP contribution < -0.4 is 4.72 Å². The molecular weight excluding hydrogens is 310 g/mol. The molecule has 0 unspecified atom stereocenters. The van der Waals surface area contributed by atoms with Gasteiger partial charge in [-0.2, -0.15) is 0 Å². The van der Waals surface area contributed by atoms with Crippen molar-refractivity contribution in [3.8, 4) is 0 Å². The maximum absolute atomic E-state index is 12.0. The highest BCUT2D eigenvalue weighted by Gasteiger charge is 2.17. The molecule has 1 N–H and O–H groups in total. The zero-order valence-corrected chi connectivity index (χ0v) is 14.8. The molecule has 0 saturated carbocycles. The van der Waals surface area contributed by atoms with E-state index in [1.165, 1.54) is 5.41 Å². The predicted octanol–water partition coefficient (Wildman–Crippen LogP) is 1.46. The molecule has 0 spiro atoms. The van der Waals surface area contributed by atoms with Crippen LogP contribution in [0.25, 0.3) is 6.08 Å². The molecule has 6 heteroatoms. The van der Waals surface area contributed by atoms with Gasteiger partial charge < -0.3 is 9.80 Å². The van der Waals surface area contributed by atoms with E-state index in [0.29, 0.717) is 12.5 Å². The summed E-state index contributed by atoms with van der Waals surface area (Å²) in [6.45, 7) is 7.76. The van der Waals surface area contributed by atoms with Crippen molar-refractivity contribution in [3.63, 3.8) is 0 Å². The minimum atomic E-state index is -3.38. The highest BCUT2D eigenvalue weighted by atomic mass is 32.2. The van der Waals surface area contributed by atoms with E-state index >= 15 is 0 Å². The van der Waals surface area contributed by atoms with Crippen LogP contribution in [0.15, 0.2) is 35.7 Å². The summed E-state index contributed by atoms with van der Waals surface area (Å²) in [5.41, 5.74) is 0.878. The van der Waals surface area contributed by atoms with E-state index < -0.39 is 10.0 Å². The molecule has 1 fully saturated rings. The Bertz CT molecular complexity index is 594. The van der Waals surface area contributed by atoms with Crippen molar-refractivity contribution in [2.45, 2.75) is 6.92 Å². The van der Waals surface area contributed by atoms with Crippen molar-refractivity contribution >= 4 is 16.1 Å². The number of sulfonamides is 1. The van der Waals surface area contributed by atoms with Crippen LogP contribution in [0.4, 0.5) is 0 Å². The summed E-state index contributed by atoms with van der Waals surface area (Å²) >= 11 is 0. The van der Waals surface area contributed by atoms with E-state index in [9.17, 15) is 8.42 Å². The average Bonchev–Trinajstić information content (AvgIpc) is 2.55. The van der Waals surface area contributed by atoms with E-state index in [1.54, 1.807) is 6.08 Å². The van der Waals surface area contributed by atoms with E-state index in [2.05, 4.69) is 28.5 Å². The fraction of sp³-hybridized carbons (Fsp3) is 0.529. The zero-order chi connectivity index (χ0) is 16.7. The Balaban J connectivity index is 1.76. The second-order valence-electron chi connectivity index (χ2n) is 6.32. The zero-order valence-electron chi connectivity index (χ0n) is 14.0. The van der Waals surface area contributed by atoms with E-state index in [1.807, 2.05) is 30.3 Å². The molecule has 1 heterocycles. The molecule has 1 atom stereocenters. The SMILES string of the molecule is C[C@@H](CNS(=O)(=O)/C=C\c1ccccc1)CN1CCN(C)CC1. The Hall–Kier alpha value is -1.21. The van der Waals surface area contributed by atoms with Gasteiger partial charge in [0.15, 0.2) is 0 Å². The van der Waals surface area contributed by atoms with Gasteiger partial charge in [-0.3, -0.25) is 0 Å². The lowest BCUT2D eigenvalue weighted by Crippen LogP contribution is -2.46. The maximum Gasteiger partial charge on any atom is 0.233 e. The Morgan fingerprint density at radius 1 is 1.17 bits per heavy atom. The number of nitrogens with zero attached hydrogens (tertiary/aromatic N) is 2. The molecule has 0 aromatic heterocycles. The third-order valence-electron chi connectivity index (χ3n) is 4.04. The number of hydrogen-bond donors (Lipinski definition) is 1. The molecule has 0 aliphatic carbocycles. The lowest BCUT2D eigenvalue weighted by atomic mass is 10.1. The van der Waals surface area contributed by atoms with Crippen LogP contribution in [-0.4, -0.2) is 64.5 Å². The molecule has 1 aromatic carbocycles. The van der Waals surface area contributed by atoms with Crippen LogP contribution in [0.1, 0.15) is 12.5 Å². The standard InChI is InChI=1S/C17H27N3O2S/c1-16(15-20-11-9-19(2)10-12-20)14-18-23(21,22)13-8-17-6-4-3-5-7-17/h3-8,13,16,18H,9-12,14-15H2,1-2H3/b13-8-/t16-/m0/s1. The lowest BCUT2D eigenvalue weighted by molar-refractivity contribution is 0.139. The molecular formula is C17H27N3O2S. The molecule has 0 radical (unpaired) electrons. The largest absolute Gasteiger partial charge is 0.304 e. The minimum absolute atomic E-state index is 0.290. The van der Waals surface area contributed by atoms with Gasteiger partial charge in [0.05, 0.1) is 0 Å². The van der Waals surface area contributed by atoms with Gasteiger partial charge in [0.1, 0.15) is 0 Å². The van der Waals surface area contributed by atoms with Crippen molar-refractivity contribution in [1.82, 2.24) is 14.5 Å². The summed E-state index contributed by atoms with van der Waals surface area (Å²) in [6.07, 6.45) is 1.62. The normalized spacial score (nSPS) is 19.2. The Labute approximate surface area is 140 Å². The van der Waals surface area contributed by atoms with Gasteiger partial charge in [0.25, 0.3) is 0 Å². The summed E-state index contributed by atoms with van der Waals surface area (Å²) in [6, 6.07) is 9.43. The predicted molar refractivity (Wildman–Crippen MR) is 95.5 cm³/mol. The molecule has 1 aliphatic rings. The lowest BCUT2D eigenvalue weighted by Gasteiger charge is -2.33. The van der Waals surface area contributed by atoms with Gasteiger partial charge in [0.2, 0.25) is 10.0 Å². The van der Waals surface area contributed by atoms with Gasteiger partial charge in [-0.1, -0.05) is 37.3 Å². The van der Waals surface area contributed by atoms with Crippen LogP contribution in [-0.2, 0) is 10.0 Å². The third kappa shape index (κ3) is 6.83. The van der Waals surface area contributed by atoms with Crippen molar-refractivity contribution < 1.29 is 8.42 Å². The molecule has 128 valence electrons. The van der Waals surface area contributed by atoms with Crippen molar-refractivity contribution in [1.29, 1.82) is 0 Å². The minimum Gasteiger partial charge on any atom is -0.304 e. The van der Waals surface area contributed by atoms with E-state index in [4.69, 9.17) is 0 Å². The van der Waals surface area contributed by atoms with Crippen molar-refractivity contribution in [3.05, 3.63) is 41.3 Å². The van der Waals surface area contributed by atoms with Crippen LogP contribution in [0.2, 0.25) is 0 Å². The summed E-state index contributed by atoms with van der Waals surface area (Å²) in [5, 5.41) is 1.24. The number of rotatable bonds is 7. The van der Waals surface area contributed by atoms with E-state index in [-0.39, 0.29) is 0 Å². The topological polar surface area (TPSA) is 52.7 Å². The van der Waals surface area contributed by atoms with E-state index in [0.717, 1.165) is 38.3 Å². The monoisotopic (exact) mass is 337 g/mol. The maximum atomic E-state index is 12.0. The summed E-state index contributed by atoms with van der Waals surface area (Å²) in [7, 11) is -1.25. The molecule has 1 aromatic rings. The van der Waals surface area contributed by atoms with Crippen LogP contribution >= 0.6 is 0 Å². The fourth-order valence-electron chi connectivity index (χ4n) is 2.57. The summed E-state index contributed by atoms with van der Waals surface area (Å²) < 4.78 is 26.7. The average molecular weight is 337 g/mol. The molecule has 2 rings (SSSR count). The fourth-order valence-corrected chi connectivity index (χ4v) is 3.52. The van der Waals surface area contributed by atoms with Crippen molar-refractivity contribution in [2.24, 2.45) is 5.92 Å². The quantitative estimate of drug-likeness (QED) is 0.818. The molecule has 0 amide bonds. The van der Waals surface area contributed by atoms with Gasteiger partial charge in [0, 0.05) is 44.7 Å². The first-order chi connectivity index (χ1) is 10.9. The highest BCUT2D eigenvalue weighted by molar-refractivity contribution is 7.92. The first-order valence-corrected chi connectivity index (χ1v) is 9.63. The Morgan fingerprint density at radius 3 is 2.48 bits per heavy atom. The Morgan fingerprint density at radius 2 is 1.83 bits per heavy atom. The molecule has 1 aliphatic heterocycles. The van der Waals surface area contributed by atoms with Crippen LogP contribution in [0.5, 0.6) is 0 Å². The van der Waals surface area contributed by atoms with Gasteiger partial charge in [-0.15, -0.1) is 0 Å². The number of benzene rings is 1. The van der Waals surface area contributed by atoms with Gasteiger partial charge >= 0.3 is 0 Å². The number of hydrogen-bond acceptors (Lipinski definition) is 4. The highest BCUT2D eigenvalue weighted by Crippen LogP contribution is 2.06. The Kier molecular flexibility index (Phi) is 6.77. The summed E-state index contributed by atoms with van der Waals surface area (Å²) in [5.74, 6) is 0.290. The number of piperazine rings is 1. The second kappa shape index (κ2) is 8.59. The first kappa shape index (κ1) is 18.1. The van der Waals surface area contributed by atoms with Crippen molar-refractivity contribution in [2.75, 3.05) is 46.3 Å². The second-order valence-corrected chi connectivity index (χ2v) is 7.97. The van der Waals surface area contributed by atoms with Gasteiger partial charge in [-0.05, 0) is 24.6 Å². The summed E-state index contributed by atoms with van der Waals surface area (Å²) in [4.78, 5) is 4.72. The number of likely N-dealkylation sites (N-methyl/N-ethyl adjacent to an activating group) is 1. The van der Waals surface area contributed by atoms with Crippen LogP contribution in [0, 0.1) is 5.92 Å². The molecule has 0 bridgehead atoms. The number of nitrogens with one attached hydrogen (secondary N) is 1.